The number of benzene rings is 1. The molecule has 1 saturated heterocycles. The molecule has 1 fully saturated rings. The minimum absolute atomic E-state index is 0.297. The predicted octanol–water partition coefficient (Wildman–Crippen LogP) is 0.631. The van der Waals surface area contributed by atoms with E-state index in [-0.39, 0.29) is 11.9 Å². The van der Waals surface area contributed by atoms with Crippen LogP contribution in [0.2, 0.25) is 0 Å². The van der Waals surface area contributed by atoms with Gasteiger partial charge in [-0.05, 0) is 12.5 Å². The van der Waals surface area contributed by atoms with Gasteiger partial charge in [0.15, 0.2) is 0 Å². The number of nitrogens with zero attached hydrogens (tertiary/aromatic N) is 1. The molecule has 1 aromatic rings. The highest BCUT2D eigenvalue weighted by molar-refractivity contribution is 5.98. The molecule has 0 saturated carbocycles. The second-order valence-electron chi connectivity index (χ2n) is 3.72. The Morgan fingerprint density at radius 1 is 1.25 bits per heavy atom. The highest BCUT2D eigenvalue weighted by Crippen LogP contribution is 2.05. The minimum Gasteiger partial charge on any atom is -0.275 e. The van der Waals surface area contributed by atoms with Gasteiger partial charge >= 0.3 is 6.03 Å². The Balaban J connectivity index is 2.05. The number of hydrazine groups is 1. The lowest BCUT2D eigenvalue weighted by Crippen LogP contribution is -2.62. The first-order valence-electron chi connectivity index (χ1n) is 5.09. The Morgan fingerprint density at radius 2 is 1.94 bits per heavy atom. The zero-order chi connectivity index (χ0) is 11.5. The number of hydrogen-bond acceptors (Lipinski definition) is 3. The van der Waals surface area contributed by atoms with E-state index in [9.17, 15) is 9.59 Å². The fourth-order valence-corrected chi connectivity index (χ4v) is 1.52. The first-order chi connectivity index (χ1) is 7.66. The minimum atomic E-state index is -0.410. The van der Waals surface area contributed by atoms with E-state index in [0.717, 1.165) is 5.56 Å². The summed E-state index contributed by atoms with van der Waals surface area (Å²) in [6.45, 7) is 2.14. The summed E-state index contributed by atoms with van der Waals surface area (Å²) in [5, 5.41) is 3.69. The summed E-state index contributed by atoms with van der Waals surface area (Å²) in [7, 11) is 0. The molecule has 0 aliphatic carbocycles. The molecule has 0 spiro atoms. The van der Waals surface area contributed by atoms with Crippen LogP contribution in [0.1, 0.15) is 12.5 Å². The van der Waals surface area contributed by atoms with E-state index in [0.29, 0.717) is 6.54 Å². The van der Waals surface area contributed by atoms with E-state index in [2.05, 4.69) is 10.7 Å². The van der Waals surface area contributed by atoms with Crippen molar-refractivity contribution in [3.05, 3.63) is 35.9 Å². The highest BCUT2D eigenvalue weighted by atomic mass is 16.2. The van der Waals surface area contributed by atoms with Crippen LogP contribution in [0, 0.1) is 0 Å². The van der Waals surface area contributed by atoms with Gasteiger partial charge in [-0.2, -0.15) is 0 Å². The average Bonchev–Trinajstić information content (AvgIpc) is 2.27. The second kappa shape index (κ2) is 4.32. The van der Waals surface area contributed by atoms with E-state index in [4.69, 9.17) is 0 Å². The molecule has 2 N–H and O–H groups in total. The molecule has 1 aliphatic rings. The zero-order valence-corrected chi connectivity index (χ0v) is 8.93. The molecule has 0 radical (unpaired) electrons. The third kappa shape index (κ3) is 2.20. The molecule has 0 bridgehead atoms. The summed E-state index contributed by atoms with van der Waals surface area (Å²) < 4.78 is 0. The Bertz CT molecular complexity index is 405. The largest absolute Gasteiger partial charge is 0.338 e. The third-order valence-corrected chi connectivity index (χ3v) is 2.40. The lowest BCUT2D eigenvalue weighted by atomic mass is 10.2. The standard InChI is InChI=1S/C11H13N3O2/c1-8-10(15)12-11(16)14(13-8)7-9-5-3-2-4-6-9/h2-6,8,13H,7H2,1H3,(H,12,15,16). The van der Waals surface area contributed by atoms with Crippen LogP contribution < -0.4 is 10.7 Å². The smallest absolute Gasteiger partial charge is 0.275 e. The summed E-state index contributed by atoms with van der Waals surface area (Å²) in [6.07, 6.45) is 0. The lowest BCUT2D eigenvalue weighted by Gasteiger charge is -2.31. The molecule has 5 nitrogen and oxygen atoms in total. The van der Waals surface area contributed by atoms with Gasteiger partial charge in [-0.3, -0.25) is 15.1 Å². The predicted molar refractivity (Wildman–Crippen MR) is 58.1 cm³/mol. The number of carbonyl (C=O) groups excluding carboxylic acids is 2. The highest BCUT2D eigenvalue weighted by Gasteiger charge is 2.28. The SMILES string of the molecule is CC1NN(Cc2ccccc2)C(=O)NC1=O. The van der Waals surface area contributed by atoms with Gasteiger partial charge in [0.1, 0.15) is 6.04 Å². The first-order valence-corrected chi connectivity index (χ1v) is 5.09. The summed E-state index contributed by atoms with van der Waals surface area (Å²) >= 11 is 0. The topological polar surface area (TPSA) is 61.4 Å². The third-order valence-electron chi connectivity index (χ3n) is 2.40. The molecule has 2 rings (SSSR count). The molecule has 16 heavy (non-hydrogen) atoms. The lowest BCUT2D eigenvalue weighted by molar-refractivity contribution is -0.124. The number of hydrogen-bond donors (Lipinski definition) is 2. The summed E-state index contributed by atoms with van der Waals surface area (Å²) in [5.41, 5.74) is 3.84. The van der Waals surface area contributed by atoms with Crippen molar-refractivity contribution < 1.29 is 9.59 Å². The van der Waals surface area contributed by atoms with Crippen LogP contribution in [-0.4, -0.2) is 23.0 Å². The normalized spacial score (nSPS) is 20.8. The van der Waals surface area contributed by atoms with Crippen LogP contribution in [0.5, 0.6) is 0 Å². The van der Waals surface area contributed by atoms with Gasteiger partial charge in [0.2, 0.25) is 5.91 Å². The maximum absolute atomic E-state index is 11.5. The summed E-state index contributed by atoms with van der Waals surface area (Å²) in [4.78, 5) is 22.7. The van der Waals surface area contributed by atoms with E-state index < -0.39 is 6.03 Å². The molecule has 1 unspecified atom stereocenters. The Labute approximate surface area is 93.4 Å². The quantitative estimate of drug-likeness (QED) is 0.767. The van der Waals surface area contributed by atoms with E-state index in [1.807, 2.05) is 30.3 Å². The van der Waals surface area contributed by atoms with Gasteiger partial charge < -0.3 is 0 Å². The average molecular weight is 219 g/mol. The van der Waals surface area contributed by atoms with Crippen molar-refractivity contribution in [1.82, 2.24) is 15.8 Å². The van der Waals surface area contributed by atoms with Gasteiger partial charge in [0.05, 0.1) is 6.54 Å². The zero-order valence-electron chi connectivity index (χ0n) is 8.93. The molecule has 1 heterocycles. The van der Waals surface area contributed by atoms with E-state index >= 15 is 0 Å². The number of rotatable bonds is 2. The van der Waals surface area contributed by atoms with Gasteiger partial charge in [-0.15, -0.1) is 0 Å². The number of urea groups is 1. The molecule has 3 amide bonds. The fraction of sp³-hybridized carbons (Fsp3) is 0.273. The molecule has 5 heteroatoms. The fourth-order valence-electron chi connectivity index (χ4n) is 1.52. The van der Waals surface area contributed by atoms with Crippen molar-refractivity contribution in [2.24, 2.45) is 0 Å². The first kappa shape index (κ1) is 10.6. The van der Waals surface area contributed by atoms with Crippen LogP contribution in [0.15, 0.2) is 30.3 Å². The van der Waals surface area contributed by atoms with Crippen LogP contribution >= 0.6 is 0 Å². The van der Waals surface area contributed by atoms with Gasteiger partial charge in [-0.1, -0.05) is 30.3 Å². The van der Waals surface area contributed by atoms with Gasteiger partial charge in [-0.25, -0.2) is 10.2 Å². The number of amides is 3. The number of nitrogens with one attached hydrogen (secondary N) is 2. The van der Waals surface area contributed by atoms with Gasteiger partial charge in [0.25, 0.3) is 0 Å². The van der Waals surface area contributed by atoms with E-state index in [1.165, 1.54) is 5.01 Å². The Morgan fingerprint density at radius 3 is 2.62 bits per heavy atom. The Hall–Kier alpha value is -1.88. The molecule has 1 atom stereocenters. The molecule has 0 aromatic heterocycles. The number of carbonyl (C=O) groups is 2. The van der Waals surface area contributed by atoms with Crippen LogP contribution in [0.4, 0.5) is 4.79 Å². The maximum Gasteiger partial charge on any atom is 0.338 e. The molecule has 84 valence electrons. The van der Waals surface area contributed by atoms with Crippen molar-refractivity contribution in [3.63, 3.8) is 0 Å². The molecular weight excluding hydrogens is 206 g/mol. The van der Waals surface area contributed by atoms with Crippen LogP contribution in [-0.2, 0) is 11.3 Å². The maximum atomic E-state index is 11.5. The van der Waals surface area contributed by atoms with Gasteiger partial charge in [0, 0.05) is 0 Å². The molecular formula is C11H13N3O2. The summed E-state index contributed by atoms with van der Waals surface area (Å²) in [6, 6.07) is 8.79. The van der Waals surface area contributed by atoms with Crippen molar-refractivity contribution in [3.8, 4) is 0 Å². The van der Waals surface area contributed by atoms with Crippen molar-refractivity contribution in [2.75, 3.05) is 0 Å². The second-order valence-corrected chi connectivity index (χ2v) is 3.72. The van der Waals surface area contributed by atoms with E-state index in [1.54, 1.807) is 6.92 Å². The Kier molecular flexibility index (Phi) is 2.87. The van der Waals surface area contributed by atoms with Crippen molar-refractivity contribution in [1.29, 1.82) is 0 Å². The van der Waals surface area contributed by atoms with Crippen molar-refractivity contribution >= 4 is 11.9 Å². The monoisotopic (exact) mass is 219 g/mol. The van der Waals surface area contributed by atoms with Crippen molar-refractivity contribution in [2.45, 2.75) is 19.5 Å². The summed E-state index contributed by atoms with van der Waals surface area (Å²) in [5.74, 6) is -0.297. The van der Waals surface area contributed by atoms with Crippen LogP contribution in [0.3, 0.4) is 0 Å². The molecule has 1 aliphatic heterocycles. The van der Waals surface area contributed by atoms with Crippen LogP contribution in [0.25, 0.3) is 0 Å². The number of imide groups is 1. The molecule has 1 aromatic carbocycles.